The number of anilines is 2. The molecule has 0 bridgehead atoms. The molecule has 0 fully saturated rings. The molecule has 0 saturated heterocycles. The Balaban J connectivity index is 3.02. The maximum atomic E-state index is 11.8. The third-order valence-corrected chi connectivity index (χ3v) is 3.36. The quantitative estimate of drug-likeness (QED) is 0.466. The molecule has 1 aromatic rings. The second-order valence-corrected chi connectivity index (χ2v) is 6.02. The number of hydrazine groups is 1. The molecule has 0 aromatic carbocycles. The van der Waals surface area contributed by atoms with Gasteiger partial charge in [-0.3, -0.25) is 4.79 Å². The molecule has 1 rings (SSSR count). The molecule has 0 saturated carbocycles. The molecule has 7 heteroatoms. The van der Waals surface area contributed by atoms with E-state index in [1.54, 1.807) is 7.05 Å². The van der Waals surface area contributed by atoms with Crippen molar-refractivity contribution in [3.8, 4) is 0 Å². The second-order valence-electron chi connectivity index (χ2n) is 6.02. The number of nitrogens with one attached hydrogen (secondary N) is 3. The van der Waals surface area contributed by atoms with E-state index in [-0.39, 0.29) is 11.8 Å². The number of hydrogen-bond acceptors (Lipinski definition) is 6. The Hall–Kier alpha value is -1.89. The lowest BCUT2D eigenvalue weighted by Gasteiger charge is -2.24. The van der Waals surface area contributed by atoms with E-state index in [1.165, 1.54) is 0 Å². The summed E-state index contributed by atoms with van der Waals surface area (Å²) in [6.07, 6.45) is 0. The van der Waals surface area contributed by atoms with E-state index in [1.807, 2.05) is 34.6 Å². The fourth-order valence-electron chi connectivity index (χ4n) is 1.83. The third-order valence-electron chi connectivity index (χ3n) is 3.36. The molecule has 5 N–H and O–H groups in total. The fourth-order valence-corrected chi connectivity index (χ4v) is 1.83. The SMILES string of the molecule is CNC(=O)C(C)(C)CNc1nc(C(C)C)nc(NN)c1C. The maximum absolute atomic E-state index is 11.8. The first-order chi connectivity index (χ1) is 9.72. The van der Waals surface area contributed by atoms with Gasteiger partial charge in [-0.25, -0.2) is 15.8 Å². The molecule has 0 atom stereocenters. The zero-order valence-electron chi connectivity index (χ0n) is 13.7. The van der Waals surface area contributed by atoms with Crippen LogP contribution < -0.4 is 21.9 Å². The van der Waals surface area contributed by atoms with Gasteiger partial charge in [-0.05, 0) is 20.8 Å². The van der Waals surface area contributed by atoms with E-state index >= 15 is 0 Å². The predicted molar refractivity (Wildman–Crippen MR) is 85.0 cm³/mol. The van der Waals surface area contributed by atoms with E-state index in [0.29, 0.717) is 24.0 Å². The standard InChI is InChI=1S/C14H26N6O/c1-8(2)10-18-11(9(3)12(19-10)20-15)17-7-14(4,5)13(21)16-6/h8H,7,15H2,1-6H3,(H,16,21)(H2,17,18,19,20). The van der Waals surface area contributed by atoms with Crippen molar-refractivity contribution in [3.63, 3.8) is 0 Å². The Morgan fingerprint density at radius 3 is 2.33 bits per heavy atom. The number of hydrogen-bond donors (Lipinski definition) is 4. The first kappa shape index (κ1) is 17.2. The summed E-state index contributed by atoms with van der Waals surface area (Å²) in [5.74, 6) is 7.66. The molecule has 0 aliphatic heterocycles. The topological polar surface area (TPSA) is 105 Å². The lowest BCUT2D eigenvalue weighted by atomic mass is 9.92. The number of nitrogens with zero attached hydrogens (tertiary/aromatic N) is 2. The molecule has 1 heterocycles. The van der Waals surface area contributed by atoms with Gasteiger partial charge in [0.25, 0.3) is 0 Å². The summed E-state index contributed by atoms with van der Waals surface area (Å²) in [6.45, 7) is 10.1. The fraction of sp³-hybridized carbons (Fsp3) is 0.643. The molecular weight excluding hydrogens is 268 g/mol. The zero-order chi connectivity index (χ0) is 16.2. The van der Waals surface area contributed by atoms with Gasteiger partial charge in [-0.15, -0.1) is 0 Å². The van der Waals surface area contributed by atoms with Gasteiger partial charge in [0.05, 0.1) is 5.41 Å². The minimum Gasteiger partial charge on any atom is -0.369 e. The Bertz CT molecular complexity index is 512. The number of aromatic nitrogens is 2. The van der Waals surface area contributed by atoms with Crippen molar-refractivity contribution in [1.82, 2.24) is 15.3 Å². The van der Waals surface area contributed by atoms with E-state index in [9.17, 15) is 4.79 Å². The number of amides is 1. The van der Waals surface area contributed by atoms with Crippen molar-refractivity contribution < 1.29 is 4.79 Å². The molecule has 0 aliphatic rings. The van der Waals surface area contributed by atoms with E-state index in [2.05, 4.69) is 26.0 Å². The van der Waals surface area contributed by atoms with Crippen LogP contribution in [0.4, 0.5) is 11.6 Å². The van der Waals surface area contributed by atoms with Crippen LogP contribution in [-0.2, 0) is 4.79 Å². The maximum Gasteiger partial charge on any atom is 0.227 e. The molecular formula is C14H26N6O. The van der Waals surface area contributed by atoms with Crippen molar-refractivity contribution in [2.75, 3.05) is 24.3 Å². The van der Waals surface area contributed by atoms with E-state index in [4.69, 9.17) is 5.84 Å². The summed E-state index contributed by atoms with van der Waals surface area (Å²) >= 11 is 0. The van der Waals surface area contributed by atoms with Gasteiger partial charge in [0.1, 0.15) is 17.5 Å². The minimum absolute atomic E-state index is 0.0250. The lowest BCUT2D eigenvalue weighted by molar-refractivity contribution is -0.128. The minimum atomic E-state index is -0.541. The first-order valence-corrected chi connectivity index (χ1v) is 7.04. The van der Waals surface area contributed by atoms with Crippen molar-refractivity contribution in [3.05, 3.63) is 11.4 Å². The summed E-state index contributed by atoms with van der Waals surface area (Å²) in [6, 6.07) is 0. The van der Waals surface area contributed by atoms with Gasteiger partial charge in [0, 0.05) is 25.1 Å². The van der Waals surface area contributed by atoms with Crippen LogP contribution in [0.3, 0.4) is 0 Å². The van der Waals surface area contributed by atoms with Crippen molar-refractivity contribution in [2.45, 2.75) is 40.5 Å². The summed E-state index contributed by atoms with van der Waals surface area (Å²) in [5, 5.41) is 5.90. The van der Waals surface area contributed by atoms with Crippen LogP contribution >= 0.6 is 0 Å². The summed E-state index contributed by atoms with van der Waals surface area (Å²) in [7, 11) is 1.63. The monoisotopic (exact) mass is 294 g/mol. The van der Waals surface area contributed by atoms with Crippen LogP contribution in [0.25, 0.3) is 0 Å². The molecule has 0 spiro atoms. The van der Waals surface area contributed by atoms with Crippen molar-refractivity contribution in [2.24, 2.45) is 11.3 Å². The predicted octanol–water partition coefficient (Wildman–Crippen LogP) is 1.38. The Morgan fingerprint density at radius 2 is 1.86 bits per heavy atom. The highest BCUT2D eigenvalue weighted by molar-refractivity contribution is 5.82. The van der Waals surface area contributed by atoms with Crippen LogP contribution in [0.5, 0.6) is 0 Å². The van der Waals surface area contributed by atoms with Crippen LogP contribution in [0.2, 0.25) is 0 Å². The average molecular weight is 294 g/mol. The van der Waals surface area contributed by atoms with Crippen molar-refractivity contribution >= 4 is 17.5 Å². The number of carbonyl (C=O) groups is 1. The van der Waals surface area contributed by atoms with Crippen LogP contribution in [0.1, 0.15) is 45.0 Å². The largest absolute Gasteiger partial charge is 0.369 e. The number of nitrogens with two attached hydrogens (primary N) is 1. The average Bonchev–Trinajstić information content (AvgIpc) is 2.44. The highest BCUT2D eigenvalue weighted by atomic mass is 16.2. The summed E-state index contributed by atoms with van der Waals surface area (Å²) in [5.41, 5.74) is 2.88. The van der Waals surface area contributed by atoms with Crippen LogP contribution in [0, 0.1) is 12.3 Å². The van der Waals surface area contributed by atoms with Gasteiger partial charge in [0.15, 0.2) is 0 Å². The highest BCUT2D eigenvalue weighted by Crippen LogP contribution is 2.24. The van der Waals surface area contributed by atoms with Crippen LogP contribution in [0.15, 0.2) is 0 Å². The molecule has 1 amide bonds. The third kappa shape index (κ3) is 4.04. The lowest BCUT2D eigenvalue weighted by Crippen LogP contribution is -2.39. The first-order valence-electron chi connectivity index (χ1n) is 7.04. The van der Waals surface area contributed by atoms with E-state index in [0.717, 1.165) is 5.56 Å². The zero-order valence-corrected chi connectivity index (χ0v) is 13.7. The molecule has 0 aliphatic carbocycles. The summed E-state index contributed by atoms with van der Waals surface area (Å²) < 4.78 is 0. The number of rotatable bonds is 6. The Morgan fingerprint density at radius 1 is 1.29 bits per heavy atom. The van der Waals surface area contributed by atoms with Gasteiger partial charge in [0.2, 0.25) is 5.91 Å². The highest BCUT2D eigenvalue weighted by Gasteiger charge is 2.27. The summed E-state index contributed by atoms with van der Waals surface area (Å²) in [4.78, 5) is 20.7. The molecule has 21 heavy (non-hydrogen) atoms. The number of nitrogen functional groups attached to an aromatic ring is 1. The Kier molecular flexibility index (Phi) is 5.48. The van der Waals surface area contributed by atoms with E-state index < -0.39 is 5.41 Å². The van der Waals surface area contributed by atoms with Gasteiger partial charge in [-0.1, -0.05) is 13.8 Å². The number of carbonyl (C=O) groups excluding carboxylic acids is 1. The molecule has 1 aromatic heterocycles. The molecule has 118 valence electrons. The van der Waals surface area contributed by atoms with Gasteiger partial charge >= 0.3 is 0 Å². The van der Waals surface area contributed by atoms with Gasteiger partial charge in [-0.2, -0.15) is 0 Å². The van der Waals surface area contributed by atoms with Crippen molar-refractivity contribution in [1.29, 1.82) is 0 Å². The molecule has 0 radical (unpaired) electrons. The molecule has 0 unspecified atom stereocenters. The Labute approximate surface area is 126 Å². The van der Waals surface area contributed by atoms with Crippen LogP contribution in [-0.4, -0.2) is 29.5 Å². The normalized spacial score (nSPS) is 11.4. The molecule has 7 nitrogen and oxygen atoms in total. The smallest absolute Gasteiger partial charge is 0.227 e. The van der Waals surface area contributed by atoms with Gasteiger partial charge < -0.3 is 16.1 Å². The second kappa shape index (κ2) is 6.71.